The Hall–Kier alpha value is -3.95. The molecule has 0 bridgehead atoms. The van der Waals surface area contributed by atoms with Gasteiger partial charge in [-0.3, -0.25) is 19.8 Å². The lowest BCUT2D eigenvalue weighted by Crippen LogP contribution is -2.45. The van der Waals surface area contributed by atoms with Crippen LogP contribution in [0.4, 0.5) is 23.2 Å². The molecule has 6 nitrogen and oxygen atoms in total. The van der Waals surface area contributed by atoms with Gasteiger partial charge in [0.15, 0.2) is 6.17 Å². The molecule has 2 aromatic carbocycles. The van der Waals surface area contributed by atoms with Crippen LogP contribution in [0.25, 0.3) is 5.57 Å². The van der Waals surface area contributed by atoms with Crippen LogP contribution >= 0.6 is 0 Å². The molecule has 0 spiro atoms. The monoisotopic (exact) mass is 456 g/mol. The summed E-state index contributed by atoms with van der Waals surface area (Å²) in [7, 11) is 0. The van der Waals surface area contributed by atoms with Crippen LogP contribution in [0, 0.1) is 5.82 Å². The second-order valence-electron chi connectivity index (χ2n) is 7.54. The van der Waals surface area contributed by atoms with E-state index in [1.165, 1.54) is 29.2 Å². The number of fused-ring (bicyclic) bond motifs is 3. The number of amides is 1. The molecule has 168 valence electrons. The molecule has 1 unspecified atom stereocenters. The number of aromatic nitrogens is 2. The zero-order chi connectivity index (χ0) is 23.2. The van der Waals surface area contributed by atoms with E-state index in [-0.39, 0.29) is 17.9 Å². The van der Waals surface area contributed by atoms with E-state index in [2.05, 4.69) is 19.9 Å². The van der Waals surface area contributed by atoms with Crippen LogP contribution in [-0.2, 0) is 6.42 Å². The van der Waals surface area contributed by atoms with Gasteiger partial charge >= 0.3 is 6.36 Å². The van der Waals surface area contributed by atoms with Crippen LogP contribution in [-0.4, -0.2) is 34.8 Å². The maximum atomic E-state index is 13.6. The van der Waals surface area contributed by atoms with Gasteiger partial charge in [-0.1, -0.05) is 24.3 Å². The molecule has 2 aliphatic rings. The van der Waals surface area contributed by atoms with Crippen molar-refractivity contribution in [1.82, 2.24) is 10.2 Å². The first-order valence-electron chi connectivity index (χ1n) is 10.0. The number of dihydropyridines is 1. The molecule has 10 heteroatoms. The molecule has 1 amide bonds. The lowest BCUT2D eigenvalue weighted by molar-refractivity contribution is -0.274. The molecule has 33 heavy (non-hydrogen) atoms. The van der Waals surface area contributed by atoms with Crippen LogP contribution in [0.1, 0.15) is 33.7 Å². The predicted octanol–water partition coefficient (Wildman–Crippen LogP) is 4.88. The maximum Gasteiger partial charge on any atom is 0.573 e. The molecule has 0 aliphatic carbocycles. The molecule has 5 rings (SSSR count). The van der Waals surface area contributed by atoms with Crippen LogP contribution in [0.15, 0.2) is 59.6 Å². The Labute approximate surface area is 185 Å². The molecule has 1 atom stereocenters. The highest BCUT2D eigenvalue weighted by Gasteiger charge is 2.41. The summed E-state index contributed by atoms with van der Waals surface area (Å²) in [5, 5.41) is 7.23. The summed E-state index contributed by atoms with van der Waals surface area (Å²) in [6, 6.07) is 11.1. The molecule has 0 fully saturated rings. The summed E-state index contributed by atoms with van der Waals surface area (Å²) in [6.45, 7) is 0. The number of allylic oxidation sites excluding steroid dienone is 1. The first-order valence-corrected chi connectivity index (χ1v) is 10.0. The van der Waals surface area contributed by atoms with Crippen molar-refractivity contribution in [3.63, 3.8) is 0 Å². The minimum absolute atomic E-state index is 0.205. The minimum atomic E-state index is -4.86. The summed E-state index contributed by atoms with van der Waals surface area (Å²) in [5.41, 5.74) is 2.94. The molecule has 0 saturated heterocycles. The third-order valence-electron chi connectivity index (χ3n) is 5.39. The van der Waals surface area contributed by atoms with Crippen molar-refractivity contribution in [1.29, 1.82) is 0 Å². The molecule has 1 N–H and O–H groups in total. The number of H-pyrrole nitrogens is 1. The number of aromatic amines is 1. The molecule has 0 radical (unpaired) electrons. The maximum absolute atomic E-state index is 13.6. The Bertz CT molecular complexity index is 1280. The Morgan fingerprint density at radius 2 is 1.94 bits per heavy atom. The van der Waals surface area contributed by atoms with Gasteiger partial charge in [-0.25, -0.2) is 4.39 Å². The molecular formula is C23H16F4N4O2. The number of aliphatic imine (C=N–C) groups is 1. The van der Waals surface area contributed by atoms with Gasteiger partial charge < -0.3 is 4.74 Å². The number of hydrogen-bond donors (Lipinski definition) is 1. The highest BCUT2D eigenvalue weighted by atomic mass is 19.4. The predicted molar refractivity (Wildman–Crippen MR) is 113 cm³/mol. The van der Waals surface area contributed by atoms with Crippen LogP contribution < -0.4 is 9.64 Å². The highest BCUT2D eigenvalue weighted by molar-refractivity contribution is 6.14. The SMILES string of the molecule is O=C1c2c(Cc3ccc(F)cc3)n[nH]c2C2=CCC=NC2N1c1cccc(OC(F)(F)F)c1. The Kier molecular flexibility index (Phi) is 4.99. The Morgan fingerprint density at radius 1 is 1.15 bits per heavy atom. The first kappa shape index (κ1) is 20.9. The van der Waals surface area contributed by atoms with Crippen LogP contribution in [0.2, 0.25) is 0 Å². The lowest BCUT2D eigenvalue weighted by atomic mass is 9.92. The molecule has 1 aromatic heterocycles. The van der Waals surface area contributed by atoms with Crippen molar-refractivity contribution in [2.45, 2.75) is 25.4 Å². The van der Waals surface area contributed by atoms with E-state index in [9.17, 15) is 22.4 Å². The quantitative estimate of drug-likeness (QED) is 0.569. The number of halogens is 4. The lowest BCUT2D eigenvalue weighted by Gasteiger charge is -2.36. The number of nitrogens with one attached hydrogen (secondary N) is 1. The summed E-state index contributed by atoms with van der Waals surface area (Å²) in [5.74, 6) is -1.28. The van der Waals surface area contributed by atoms with Crippen molar-refractivity contribution in [3.8, 4) is 5.75 Å². The van der Waals surface area contributed by atoms with Gasteiger partial charge in [-0.2, -0.15) is 5.10 Å². The average Bonchev–Trinajstić information content (AvgIpc) is 3.19. The van der Waals surface area contributed by atoms with Crippen molar-refractivity contribution in [2.75, 3.05) is 4.90 Å². The van der Waals surface area contributed by atoms with Crippen molar-refractivity contribution in [3.05, 3.63) is 82.9 Å². The smallest absolute Gasteiger partial charge is 0.406 e. The van der Waals surface area contributed by atoms with Gasteiger partial charge in [-0.15, -0.1) is 13.2 Å². The number of nitrogens with zero attached hydrogens (tertiary/aromatic N) is 3. The standard InChI is InChI=1S/C23H16F4N4O2/c24-14-8-6-13(7-9-14)11-18-19-20(30-29-18)17-5-2-10-28-21(17)31(22(19)32)15-3-1-4-16(12-15)33-23(25,26)27/h1,3-10,12,21H,2,11H2,(H,29,30). The van der Waals surface area contributed by atoms with Gasteiger partial charge in [0.05, 0.1) is 22.6 Å². The second kappa shape index (κ2) is 7.88. The van der Waals surface area contributed by atoms with Crippen LogP contribution in [0.5, 0.6) is 5.75 Å². The number of carbonyl (C=O) groups excluding carboxylic acids is 1. The molecule has 0 saturated carbocycles. The van der Waals surface area contributed by atoms with Crippen molar-refractivity contribution in [2.24, 2.45) is 4.99 Å². The van der Waals surface area contributed by atoms with E-state index >= 15 is 0 Å². The number of alkyl halides is 3. The molecule has 3 aromatic rings. The summed E-state index contributed by atoms with van der Waals surface area (Å²) in [6.07, 6.45) is -1.27. The fourth-order valence-electron chi connectivity index (χ4n) is 4.03. The van der Waals surface area contributed by atoms with E-state index < -0.39 is 24.2 Å². The molecule has 2 aliphatic heterocycles. The van der Waals surface area contributed by atoms with Crippen molar-refractivity contribution >= 4 is 23.4 Å². The van der Waals surface area contributed by atoms with Gasteiger partial charge in [0.25, 0.3) is 5.91 Å². The number of anilines is 1. The fraction of sp³-hybridized carbons (Fsp3) is 0.174. The summed E-state index contributed by atoms with van der Waals surface area (Å²) < 4.78 is 55.5. The van der Waals surface area contributed by atoms with Gasteiger partial charge in [0.1, 0.15) is 11.6 Å². The Morgan fingerprint density at radius 3 is 2.70 bits per heavy atom. The number of ether oxygens (including phenoxy) is 1. The Balaban J connectivity index is 1.57. The minimum Gasteiger partial charge on any atom is -0.406 e. The van der Waals surface area contributed by atoms with Crippen molar-refractivity contribution < 1.29 is 27.1 Å². The van der Waals surface area contributed by atoms with Gasteiger partial charge in [0.2, 0.25) is 0 Å². The highest BCUT2D eigenvalue weighted by Crippen LogP contribution is 2.39. The second-order valence-corrected chi connectivity index (χ2v) is 7.54. The topological polar surface area (TPSA) is 70.6 Å². The van der Waals surface area contributed by atoms with E-state index in [4.69, 9.17) is 0 Å². The zero-order valence-corrected chi connectivity index (χ0v) is 16.9. The third-order valence-corrected chi connectivity index (χ3v) is 5.39. The van der Waals surface area contributed by atoms with E-state index in [0.29, 0.717) is 28.9 Å². The third kappa shape index (κ3) is 3.99. The number of benzene rings is 2. The van der Waals surface area contributed by atoms with E-state index in [0.717, 1.165) is 17.7 Å². The van der Waals surface area contributed by atoms with Gasteiger partial charge in [-0.05, 0) is 29.8 Å². The fourth-order valence-corrected chi connectivity index (χ4v) is 4.03. The zero-order valence-electron chi connectivity index (χ0n) is 16.9. The van der Waals surface area contributed by atoms with Gasteiger partial charge in [0, 0.05) is 30.7 Å². The number of rotatable bonds is 4. The number of hydrogen-bond acceptors (Lipinski definition) is 4. The largest absolute Gasteiger partial charge is 0.573 e. The van der Waals surface area contributed by atoms with E-state index in [1.54, 1.807) is 18.3 Å². The average molecular weight is 456 g/mol. The molecule has 3 heterocycles. The molecular weight excluding hydrogens is 440 g/mol. The summed E-state index contributed by atoms with van der Waals surface area (Å²) in [4.78, 5) is 19.4. The van der Waals surface area contributed by atoms with E-state index in [1.807, 2.05) is 6.08 Å². The van der Waals surface area contributed by atoms with Crippen LogP contribution in [0.3, 0.4) is 0 Å². The summed E-state index contributed by atoms with van der Waals surface area (Å²) >= 11 is 0. The number of carbonyl (C=O) groups is 1. The normalized spacial score (nSPS) is 17.5. The first-order chi connectivity index (χ1) is 15.8.